The fourth-order valence-electron chi connectivity index (χ4n) is 3.79. The summed E-state index contributed by atoms with van der Waals surface area (Å²) < 4.78 is 0. The van der Waals surface area contributed by atoms with Crippen LogP contribution in [0.3, 0.4) is 0 Å². The summed E-state index contributed by atoms with van der Waals surface area (Å²) in [5.41, 5.74) is 2.30. The van der Waals surface area contributed by atoms with Crippen molar-refractivity contribution in [1.29, 1.82) is 0 Å². The van der Waals surface area contributed by atoms with Gasteiger partial charge in [-0.25, -0.2) is 0 Å². The van der Waals surface area contributed by atoms with Crippen LogP contribution in [-0.4, -0.2) is 24.6 Å². The third-order valence-electron chi connectivity index (χ3n) is 5.03. The topological polar surface area (TPSA) is 0 Å². The molecule has 0 aromatic carbocycles. The molecule has 2 saturated carbocycles. The van der Waals surface area contributed by atoms with Gasteiger partial charge in [0.2, 0.25) is 0 Å². The van der Waals surface area contributed by atoms with Crippen molar-refractivity contribution < 1.29 is 0 Å². The fourth-order valence-corrected chi connectivity index (χ4v) is 7.78. The van der Waals surface area contributed by atoms with Crippen molar-refractivity contribution in [2.24, 2.45) is 0 Å². The van der Waals surface area contributed by atoms with E-state index in [2.05, 4.69) is 13.3 Å². The van der Waals surface area contributed by atoms with Gasteiger partial charge >= 0.3 is 0 Å². The molecule has 2 rings (SSSR count). The molecule has 0 aromatic heterocycles. The Morgan fingerprint density at radius 2 is 0.933 bits per heavy atom. The smallest absolute Gasteiger partial charge is 0.0530 e. The van der Waals surface area contributed by atoms with E-state index in [9.17, 15) is 0 Å². The van der Waals surface area contributed by atoms with Crippen molar-refractivity contribution in [3.8, 4) is 0 Å². The van der Waals surface area contributed by atoms with Crippen molar-refractivity contribution in [3.63, 3.8) is 0 Å². The van der Waals surface area contributed by atoms with Gasteiger partial charge in [-0.15, -0.1) is 0 Å². The summed E-state index contributed by atoms with van der Waals surface area (Å²) in [5, 5.41) is 0. The van der Waals surface area contributed by atoms with Gasteiger partial charge in [-0.2, -0.15) is 0 Å². The quantitative estimate of drug-likeness (QED) is 0.587. The monoisotopic (exact) mass is 227 g/mol. The molecule has 0 amide bonds. The van der Waals surface area contributed by atoms with E-state index in [1.165, 1.54) is 38.5 Å². The molecule has 88 valence electrons. The van der Waals surface area contributed by atoms with Crippen molar-refractivity contribution >= 4 is 7.26 Å². The van der Waals surface area contributed by atoms with E-state index >= 15 is 0 Å². The molecule has 0 N–H and O–H groups in total. The van der Waals surface area contributed by atoms with Crippen molar-refractivity contribution in [2.45, 2.75) is 75.5 Å². The van der Waals surface area contributed by atoms with E-state index in [4.69, 9.17) is 0 Å². The second-order valence-corrected chi connectivity index (χ2v) is 10.9. The van der Waals surface area contributed by atoms with Crippen LogP contribution in [0.2, 0.25) is 0 Å². The zero-order valence-corrected chi connectivity index (χ0v) is 11.6. The second kappa shape index (κ2) is 5.17. The predicted molar refractivity (Wildman–Crippen MR) is 72.5 cm³/mol. The van der Waals surface area contributed by atoms with E-state index in [0.29, 0.717) is 0 Å². The number of hydrogen-bond donors (Lipinski definition) is 0. The fraction of sp³-hybridized carbons (Fsp3) is 1.00. The molecular formula is C14H28P+. The molecule has 0 unspecified atom stereocenters. The zero-order chi connectivity index (χ0) is 10.7. The van der Waals surface area contributed by atoms with E-state index in [1.54, 1.807) is 25.7 Å². The van der Waals surface area contributed by atoms with Gasteiger partial charge in [0, 0.05) is 20.6 Å². The van der Waals surface area contributed by atoms with Gasteiger partial charge in [-0.1, -0.05) is 12.8 Å². The summed E-state index contributed by atoms with van der Waals surface area (Å²) in [6.07, 6.45) is 15.4. The van der Waals surface area contributed by atoms with Gasteiger partial charge in [0.05, 0.1) is 11.3 Å². The predicted octanol–water partition coefficient (Wildman–Crippen LogP) is 4.93. The Morgan fingerprint density at radius 1 is 0.600 bits per heavy atom. The van der Waals surface area contributed by atoms with Gasteiger partial charge in [-0.3, -0.25) is 0 Å². The van der Waals surface area contributed by atoms with Crippen LogP contribution in [0.15, 0.2) is 0 Å². The minimum absolute atomic E-state index is 0.593. The first-order valence-corrected chi connectivity index (χ1v) is 9.87. The van der Waals surface area contributed by atoms with Crippen LogP contribution in [0.5, 0.6) is 0 Å². The molecule has 2 aliphatic rings. The van der Waals surface area contributed by atoms with Gasteiger partial charge in [0.15, 0.2) is 0 Å². The summed E-state index contributed by atoms with van der Waals surface area (Å²) in [7, 11) is -0.593. The van der Waals surface area contributed by atoms with Crippen molar-refractivity contribution in [1.82, 2.24) is 0 Å². The lowest BCUT2D eigenvalue weighted by Crippen LogP contribution is -2.26. The van der Waals surface area contributed by atoms with Gasteiger partial charge < -0.3 is 0 Å². The molecule has 1 heteroatoms. The number of rotatable bonds is 2. The van der Waals surface area contributed by atoms with Crippen molar-refractivity contribution in [3.05, 3.63) is 0 Å². The van der Waals surface area contributed by atoms with Gasteiger partial charge in [0.1, 0.15) is 0 Å². The molecular weight excluding hydrogens is 199 g/mol. The van der Waals surface area contributed by atoms with E-state index in [-0.39, 0.29) is 0 Å². The first kappa shape index (κ1) is 11.9. The summed E-state index contributed by atoms with van der Waals surface area (Å²) >= 11 is 0. The van der Waals surface area contributed by atoms with Crippen LogP contribution in [0.25, 0.3) is 0 Å². The highest BCUT2D eigenvalue weighted by Crippen LogP contribution is 2.66. The minimum atomic E-state index is -0.593. The Balaban J connectivity index is 1.96. The maximum atomic E-state index is 2.68. The molecule has 0 bridgehead atoms. The Labute approximate surface area is 96.6 Å². The Morgan fingerprint density at radius 3 is 1.27 bits per heavy atom. The maximum absolute atomic E-state index is 2.68. The van der Waals surface area contributed by atoms with E-state index < -0.39 is 7.26 Å². The molecule has 0 spiro atoms. The van der Waals surface area contributed by atoms with Gasteiger partial charge in [0.25, 0.3) is 0 Å². The molecule has 2 aliphatic carbocycles. The minimum Gasteiger partial charge on any atom is -0.0530 e. The summed E-state index contributed by atoms with van der Waals surface area (Å²) in [6, 6.07) is 0. The standard InChI is InChI=1S/C14H28P/c1-15(2,13-9-5-3-6-10-13)14-11-7-4-8-12-14/h13-14H,3-12H2,1-2H3/q+1. The summed E-state index contributed by atoms with van der Waals surface area (Å²) in [6.45, 7) is 5.36. The average molecular weight is 227 g/mol. The highest BCUT2D eigenvalue weighted by atomic mass is 31.2. The molecule has 0 aliphatic heterocycles. The van der Waals surface area contributed by atoms with E-state index in [1.807, 2.05) is 0 Å². The maximum Gasteiger partial charge on any atom is 0.0695 e. The lowest BCUT2D eigenvalue weighted by Gasteiger charge is -2.38. The third-order valence-corrected chi connectivity index (χ3v) is 9.83. The SMILES string of the molecule is C[P+](C)(C1CCCCC1)C1CCCCC1. The number of hydrogen-bond acceptors (Lipinski definition) is 0. The third kappa shape index (κ3) is 2.76. The molecule has 2 fully saturated rings. The molecule has 0 radical (unpaired) electrons. The molecule has 0 saturated heterocycles. The summed E-state index contributed by atoms with van der Waals surface area (Å²) in [4.78, 5) is 0. The molecule has 0 aromatic rings. The van der Waals surface area contributed by atoms with Gasteiger partial charge in [-0.05, 0) is 51.4 Å². The van der Waals surface area contributed by atoms with Crippen LogP contribution in [-0.2, 0) is 0 Å². The lowest BCUT2D eigenvalue weighted by molar-refractivity contribution is 0.481. The lowest BCUT2D eigenvalue weighted by atomic mass is 9.99. The zero-order valence-electron chi connectivity index (χ0n) is 10.7. The highest BCUT2D eigenvalue weighted by molar-refractivity contribution is 7.75. The van der Waals surface area contributed by atoms with Crippen LogP contribution in [0, 0.1) is 0 Å². The summed E-state index contributed by atoms with van der Waals surface area (Å²) in [5.74, 6) is 0. The van der Waals surface area contributed by atoms with Crippen LogP contribution < -0.4 is 0 Å². The van der Waals surface area contributed by atoms with Crippen LogP contribution in [0.4, 0.5) is 0 Å². The largest absolute Gasteiger partial charge is 0.0695 e. The Kier molecular flexibility index (Phi) is 4.10. The van der Waals surface area contributed by atoms with E-state index in [0.717, 1.165) is 11.3 Å². The molecule has 15 heavy (non-hydrogen) atoms. The van der Waals surface area contributed by atoms with Crippen LogP contribution >= 0.6 is 7.26 Å². The first-order chi connectivity index (χ1) is 7.21. The first-order valence-electron chi connectivity index (χ1n) is 7.04. The molecule has 0 heterocycles. The normalized spacial score (nSPS) is 26.8. The molecule has 0 atom stereocenters. The van der Waals surface area contributed by atoms with Crippen molar-refractivity contribution in [2.75, 3.05) is 13.3 Å². The second-order valence-electron chi connectivity index (χ2n) is 6.21. The Bertz CT molecular complexity index is 166. The Hall–Kier alpha value is 0.430. The molecule has 0 nitrogen and oxygen atoms in total. The average Bonchev–Trinajstić information content (AvgIpc) is 2.31. The van der Waals surface area contributed by atoms with Crippen LogP contribution in [0.1, 0.15) is 64.2 Å². The highest BCUT2D eigenvalue weighted by Gasteiger charge is 2.44.